The van der Waals surface area contributed by atoms with E-state index in [0.717, 1.165) is 30.6 Å². The van der Waals surface area contributed by atoms with Gasteiger partial charge < -0.3 is 4.90 Å². The minimum Gasteiger partial charge on any atom is -0.341 e. The molecule has 0 unspecified atom stereocenters. The highest BCUT2D eigenvalue weighted by Crippen LogP contribution is 2.26. The molecule has 0 spiro atoms. The van der Waals surface area contributed by atoms with E-state index in [-0.39, 0.29) is 16.0 Å². The number of sulfonamides is 1. The lowest BCUT2D eigenvalue weighted by Gasteiger charge is -2.31. The standard InChI is InChI=1S/C15H23ClN2O3S2/c1-11(2)10-12(15(19)18-8-4-3-5-9-18)17-23(20,21)14-7-6-13(16)22-14/h6-7,11-12,17H,3-5,8-10H2,1-2H3/t12-/m0/s1. The fourth-order valence-electron chi connectivity index (χ4n) is 2.69. The monoisotopic (exact) mass is 378 g/mol. The summed E-state index contributed by atoms with van der Waals surface area (Å²) in [5, 5.41) is 0. The number of amides is 1. The molecule has 1 N–H and O–H groups in total. The maximum atomic E-state index is 12.7. The van der Waals surface area contributed by atoms with Crippen LogP contribution in [0.3, 0.4) is 0 Å². The molecule has 1 fully saturated rings. The summed E-state index contributed by atoms with van der Waals surface area (Å²) in [7, 11) is -3.73. The molecule has 0 aliphatic carbocycles. The summed E-state index contributed by atoms with van der Waals surface area (Å²) in [6, 6.07) is 2.29. The number of rotatable bonds is 6. The maximum Gasteiger partial charge on any atom is 0.250 e. The van der Waals surface area contributed by atoms with Gasteiger partial charge in [-0.3, -0.25) is 4.79 Å². The first kappa shape index (κ1) is 18.7. The summed E-state index contributed by atoms with van der Waals surface area (Å²) in [6.45, 7) is 5.37. The smallest absolute Gasteiger partial charge is 0.250 e. The SMILES string of the molecule is CC(C)C[C@H](NS(=O)(=O)c1ccc(Cl)s1)C(=O)N1CCCCC1. The number of carbonyl (C=O) groups is 1. The van der Waals surface area contributed by atoms with Crippen molar-refractivity contribution in [3.05, 3.63) is 16.5 Å². The Balaban J connectivity index is 2.16. The van der Waals surface area contributed by atoms with Crippen LogP contribution in [0, 0.1) is 5.92 Å². The molecule has 23 heavy (non-hydrogen) atoms. The van der Waals surface area contributed by atoms with Gasteiger partial charge in [-0.2, -0.15) is 4.72 Å². The Kier molecular flexibility index (Phi) is 6.48. The van der Waals surface area contributed by atoms with Crippen LogP contribution in [0.15, 0.2) is 16.3 Å². The highest BCUT2D eigenvalue weighted by Gasteiger charge is 2.31. The molecule has 1 amide bonds. The highest BCUT2D eigenvalue weighted by atomic mass is 35.5. The van der Waals surface area contributed by atoms with Crippen LogP contribution in [-0.4, -0.2) is 38.4 Å². The fourth-order valence-corrected chi connectivity index (χ4v) is 5.39. The van der Waals surface area contributed by atoms with Crippen LogP contribution < -0.4 is 4.72 Å². The number of carbonyl (C=O) groups excluding carboxylic acids is 1. The molecule has 0 bridgehead atoms. The first-order valence-electron chi connectivity index (χ1n) is 7.86. The topological polar surface area (TPSA) is 66.5 Å². The van der Waals surface area contributed by atoms with E-state index in [2.05, 4.69) is 4.72 Å². The van der Waals surface area contributed by atoms with E-state index >= 15 is 0 Å². The van der Waals surface area contributed by atoms with Crippen molar-refractivity contribution in [3.63, 3.8) is 0 Å². The average Bonchev–Trinajstić information content (AvgIpc) is 2.93. The van der Waals surface area contributed by atoms with Crippen molar-refractivity contribution in [2.24, 2.45) is 5.92 Å². The first-order chi connectivity index (χ1) is 10.8. The molecule has 1 aliphatic heterocycles. The van der Waals surface area contributed by atoms with Gasteiger partial charge in [0.15, 0.2) is 0 Å². The van der Waals surface area contributed by atoms with Gasteiger partial charge in [-0.1, -0.05) is 25.4 Å². The van der Waals surface area contributed by atoms with Gasteiger partial charge >= 0.3 is 0 Å². The molecule has 1 aliphatic rings. The zero-order valence-electron chi connectivity index (χ0n) is 13.4. The normalized spacial score (nSPS) is 17.5. The van der Waals surface area contributed by atoms with Crippen LogP contribution in [0.4, 0.5) is 0 Å². The summed E-state index contributed by atoms with van der Waals surface area (Å²) in [6.07, 6.45) is 3.56. The van der Waals surface area contributed by atoms with E-state index in [9.17, 15) is 13.2 Å². The summed E-state index contributed by atoms with van der Waals surface area (Å²) in [4.78, 5) is 14.5. The lowest BCUT2D eigenvalue weighted by atomic mass is 10.0. The number of thiophene rings is 1. The second-order valence-corrected chi connectivity index (χ2v) is 9.90. The Bertz CT molecular complexity index is 637. The lowest BCUT2D eigenvalue weighted by Crippen LogP contribution is -2.50. The van der Waals surface area contributed by atoms with Crippen LogP contribution >= 0.6 is 22.9 Å². The zero-order chi connectivity index (χ0) is 17.0. The molecule has 0 radical (unpaired) electrons. The van der Waals surface area contributed by atoms with Gasteiger partial charge in [0, 0.05) is 13.1 Å². The predicted octanol–water partition coefficient (Wildman–Crippen LogP) is 3.11. The Morgan fingerprint density at radius 2 is 1.96 bits per heavy atom. The van der Waals surface area contributed by atoms with E-state index < -0.39 is 16.1 Å². The molecule has 2 rings (SSSR count). The Hall–Kier alpha value is -0.630. The second-order valence-electron chi connectivity index (χ2n) is 6.25. The van der Waals surface area contributed by atoms with Crippen LogP contribution in [0.5, 0.6) is 0 Å². The van der Waals surface area contributed by atoms with E-state index in [1.165, 1.54) is 6.07 Å². The van der Waals surface area contributed by atoms with Gasteiger partial charge in [0.25, 0.3) is 10.0 Å². The molecule has 0 saturated carbocycles. The number of halogens is 1. The molecule has 1 saturated heterocycles. The van der Waals surface area contributed by atoms with Crippen molar-refractivity contribution in [3.8, 4) is 0 Å². The molecule has 130 valence electrons. The zero-order valence-corrected chi connectivity index (χ0v) is 15.8. The van der Waals surface area contributed by atoms with Gasteiger partial charge in [0.1, 0.15) is 10.3 Å². The molecule has 1 aromatic heterocycles. The quantitative estimate of drug-likeness (QED) is 0.827. The number of hydrogen-bond donors (Lipinski definition) is 1. The van der Waals surface area contributed by atoms with Crippen LogP contribution in [0.2, 0.25) is 4.34 Å². The van der Waals surface area contributed by atoms with Crippen molar-refractivity contribution in [1.82, 2.24) is 9.62 Å². The number of hydrogen-bond acceptors (Lipinski definition) is 4. The molecule has 2 heterocycles. The second kappa shape index (κ2) is 7.96. The Morgan fingerprint density at radius 3 is 2.48 bits per heavy atom. The van der Waals surface area contributed by atoms with E-state index in [4.69, 9.17) is 11.6 Å². The van der Waals surface area contributed by atoms with Crippen molar-refractivity contribution < 1.29 is 13.2 Å². The summed E-state index contributed by atoms with van der Waals surface area (Å²) in [5.74, 6) is 0.0907. The Labute approximate surface area is 147 Å². The van der Waals surface area contributed by atoms with E-state index in [1.807, 2.05) is 13.8 Å². The molecule has 5 nitrogen and oxygen atoms in total. The third-order valence-corrected chi connectivity index (χ3v) is 6.98. The Morgan fingerprint density at radius 1 is 1.30 bits per heavy atom. The van der Waals surface area contributed by atoms with Gasteiger partial charge in [0.05, 0.1) is 4.34 Å². The third kappa shape index (κ3) is 5.17. The first-order valence-corrected chi connectivity index (χ1v) is 10.5. The van der Waals surface area contributed by atoms with Gasteiger partial charge in [-0.25, -0.2) is 8.42 Å². The fraction of sp³-hybridized carbons (Fsp3) is 0.667. The minimum atomic E-state index is -3.73. The van der Waals surface area contributed by atoms with Crippen molar-refractivity contribution >= 4 is 38.9 Å². The molecule has 8 heteroatoms. The van der Waals surface area contributed by atoms with Crippen molar-refractivity contribution in [2.45, 2.75) is 49.8 Å². The number of nitrogens with zero attached hydrogens (tertiary/aromatic N) is 1. The molecular weight excluding hydrogens is 356 g/mol. The molecule has 0 aromatic carbocycles. The number of likely N-dealkylation sites (tertiary alicyclic amines) is 1. The summed E-state index contributed by atoms with van der Waals surface area (Å²) < 4.78 is 28.1. The minimum absolute atomic E-state index is 0.121. The van der Waals surface area contributed by atoms with E-state index in [1.54, 1.807) is 11.0 Å². The third-order valence-electron chi connectivity index (χ3n) is 3.78. The lowest BCUT2D eigenvalue weighted by molar-refractivity contribution is -0.134. The van der Waals surface area contributed by atoms with Crippen LogP contribution in [0.1, 0.15) is 39.5 Å². The van der Waals surface area contributed by atoms with Crippen molar-refractivity contribution in [1.29, 1.82) is 0 Å². The van der Waals surface area contributed by atoms with Gasteiger partial charge in [-0.15, -0.1) is 11.3 Å². The molecule has 1 atom stereocenters. The predicted molar refractivity (Wildman–Crippen MR) is 93.3 cm³/mol. The largest absolute Gasteiger partial charge is 0.341 e. The van der Waals surface area contributed by atoms with Crippen LogP contribution in [0.25, 0.3) is 0 Å². The number of nitrogens with one attached hydrogen (secondary N) is 1. The van der Waals surface area contributed by atoms with Gasteiger partial charge in [0.2, 0.25) is 5.91 Å². The number of piperidine rings is 1. The van der Waals surface area contributed by atoms with Gasteiger partial charge in [-0.05, 0) is 43.7 Å². The highest BCUT2D eigenvalue weighted by molar-refractivity contribution is 7.91. The average molecular weight is 379 g/mol. The molecular formula is C15H23ClN2O3S2. The van der Waals surface area contributed by atoms with Crippen LogP contribution in [-0.2, 0) is 14.8 Å². The maximum absolute atomic E-state index is 12.7. The summed E-state index contributed by atoms with van der Waals surface area (Å²) in [5.41, 5.74) is 0. The van der Waals surface area contributed by atoms with E-state index in [0.29, 0.717) is 23.8 Å². The van der Waals surface area contributed by atoms with Crippen molar-refractivity contribution in [2.75, 3.05) is 13.1 Å². The summed E-state index contributed by atoms with van der Waals surface area (Å²) >= 11 is 6.82. The molecule has 1 aromatic rings.